The molecule has 0 aliphatic carbocycles. The summed E-state index contributed by atoms with van der Waals surface area (Å²) < 4.78 is 5.58. The van der Waals surface area contributed by atoms with Crippen LogP contribution in [0.4, 0.5) is 10.6 Å². The molecule has 3 rings (SSSR count). The lowest BCUT2D eigenvalue weighted by molar-refractivity contribution is 0.194. The number of fused-ring (bicyclic) bond motifs is 1. The molecular weight excluding hydrogens is 330 g/mol. The molecule has 1 aromatic heterocycles. The van der Waals surface area contributed by atoms with E-state index in [1.807, 2.05) is 12.1 Å². The van der Waals surface area contributed by atoms with Gasteiger partial charge in [0.05, 0.1) is 29.5 Å². The maximum Gasteiger partial charge on any atom is 0.320 e. The van der Waals surface area contributed by atoms with Crippen molar-refractivity contribution in [2.45, 2.75) is 25.5 Å². The van der Waals surface area contributed by atoms with Gasteiger partial charge in [0.1, 0.15) is 11.6 Å². The predicted molar refractivity (Wildman–Crippen MR) is 91.3 cm³/mol. The van der Waals surface area contributed by atoms with E-state index in [0.29, 0.717) is 35.3 Å². The Morgan fingerprint density at radius 1 is 1.38 bits per heavy atom. The fraction of sp³-hybridized carbons (Fsp3) is 0.294. The number of aromatic nitrogens is 1. The Morgan fingerprint density at radius 3 is 2.96 bits per heavy atom. The van der Waals surface area contributed by atoms with Gasteiger partial charge in [-0.1, -0.05) is 29.8 Å². The summed E-state index contributed by atoms with van der Waals surface area (Å²) in [5.41, 5.74) is 1.35. The SMILES string of the molecule is C[C@H](O)c1cccc(NC(=O)N[C@H]2CCOc3c(Cl)cccc32)n1. The average molecular weight is 348 g/mol. The van der Waals surface area contributed by atoms with Gasteiger partial charge in [0, 0.05) is 12.0 Å². The van der Waals surface area contributed by atoms with E-state index in [2.05, 4.69) is 15.6 Å². The predicted octanol–water partition coefficient (Wildman–Crippen LogP) is 3.43. The number of urea groups is 1. The van der Waals surface area contributed by atoms with Crippen LogP contribution in [0, 0.1) is 0 Å². The highest BCUT2D eigenvalue weighted by atomic mass is 35.5. The van der Waals surface area contributed by atoms with E-state index >= 15 is 0 Å². The molecule has 3 N–H and O–H groups in total. The summed E-state index contributed by atoms with van der Waals surface area (Å²) in [7, 11) is 0. The number of nitrogens with one attached hydrogen (secondary N) is 2. The highest BCUT2D eigenvalue weighted by Gasteiger charge is 2.24. The molecule has 6 nitrogen and oxygen atoms in total. The molecule has 0 saturated carbocycles. The monoisotopic (exact) mass is 347 g/mol. The molecule has 0 unspecified atom stereocenters. The highest BCUT2D eigenvalue weighted by molar-refractivity contribution is 6.32. The fourth-order valence-electron chi connectivity index (χ4n) is 2.60. The molecule has 1 aliphatic rings. The zero-order chi connectivity index (χ0) is 17.1. The first kappa shape index (κ1) is 16.5. The summed E-state index contributed by atoms with van der Waals surface area (Å²) in [5, 5.41) is 15.7. The van der Waals surface area contributed by atoms with Crippen molar-refractivity contribution in [1.29, 1.82) is 0 Å². The van der Waals surface area contributed by atoms with Crippen molar-refractivity contribution in [3.8, 4) is 5.75 Å². The number of carbonyl (C=O) groups excluding carboxylic acids is 1. The van der Waals surface area contributed by atoms with E-state index in [-0.39, 0.29) is 12.1 Å². The Bertz CT molecular complexity index is 752. The molecule has 24 heavy (non-hydrogen) atoms. The van der Waals surface area contributed by atoms with Crippen molar-refractivity contribution in [3.63, 3.8) is 0 Å². The quantitative estimate of drug-likeness (QED) is 0.794. The number of hydrogen-bond donors (Lipinski definition) is 3. The first-order chi connectivity index (χ1) is 11.5. The van der Waals surface area contributed by atoms with E-state index in [9.17, 15) is 9.90 Å². The Labute approximate surface area is 144 Å². The Kier molecular flexibility index (Phi) is 4.87. The van der Waals surface area contributed by atoms with Crippen molar-refractivity contribution in [1.82, 2.24) is 10.3 Å². The third kappa shape index (κ3) is 3.60. The van der Waals surface area contributed by atoms with E-state index in [4.69, 9.17) is 16.3 Å². The summed E-state index contributed by atoms with van der Waals surface area (Å²) in [6.07, 6.45) is -0.0404. The van der Waals surface area contributed by atoms with Crippen molar-refractivity contribution in [3.05, 3.63) is 52.7 Å². The van der Waals surface area contributed by atoms with Gasteiger partial charge in [0.25, 0.3) is 0 Å². The molecule has 2 aromatic rings. The number of para-hydroxylation sites is 1. The zero-order valence-corrected chi connectivity index (χ0v) is 13.9. The Hall–Kier alpha value is -2.31. The molecule has 126 valence electrons. The van der Waals surface area contributed by atoms with Crippen LogP contribution in [0.2, 0.25) is 5.02 Å². The molecule has 0 saturated heterocycles. The second-order valence-corrected chi connectivity index (χ2v) is 5.98. The van der Waals surface area contributed by atoms with Crippen LogP contribution in [-0.2, 0) is 0 Å². The number of anilines is 1. The van der Waals surface area contributed by atoms with E-state index in [1.165, 1.54) is 0 Å². The van der Waals surface area contributed by atoms with Crippen LogP contribution in [0.5, 0.6) is 5.75 Å². The van der Waals surface area contributed by atoms with Gasteiger partial charge in [-0.05, 0) is 25.1 Å². The topological polar surface area (TPSA) is 83.5 Å². The third-order valence-electron chi connectivity index (χ3n) is 3.77. The molecule has 2 amide bonds. The minimum atomic E-state index is -0.695. The fourth-order valence-corrected chi connectivity index (χ4v) is 2.84. The molecule has 1 aromatic carbocycles. The van der Waals surface area contributed by atoms with Gasteiger partial charge in [-0.3, -0.25) is 5.32 Å². The maximum atomic E-state index is 12.3. The van der Waals surface area contributed by atoms with Crippen molar-refractivity contribution in [2.24, 2.45) is 0 Å². The number of rotatable bonds is 3. The summed E-state index contributed by atoms with van der Waals surface area (Å²) in [6.45, 7) is 2.10. The normalized spacial score (nSPS) is 17.4. The molecular formula is C17H18ClN3O3. The van der Waals surface area contributed by atoms with Crippen LogP contribution in [0.1, 0.15) is 36.7 Å². The largest absolute Gasteiger partial charge is 0.492 e. The molecule has 0 spiro atoms. The van der Waals surface area contributed by atoms with Gasteiger partial charge in [-0.15, -0.1) is 0 Å². The number of carbonyl (C=O) groups is 1. The lowest BCUT2D eigenvalue weighted by Crippen LogP contribution is -2.35. The molecule has 0 bridgehead atoms. The van der Waals surface area contributed by atoms with Crippen LogP contribution in [0.25, 0.3) is 0 Å². The number of benzene rings is 1. The maximum absolute atomic E-state index is 12.3. The van der Waals surface area contributed by atoms with E-state index in [0.717, 1.165) is 5.56 Å². The van der Waals surface area contributed by atoms with Gasteiger partial charge in [0.2, 0.25) is 0 Å². The van der Waals surface area contributed by atoms with Gasteiger partial charge in [-0.2, -0.15) is 0 Å². The minimum Gasteiger partial charge on any atom is -0.492 e. The zero-order valence-electron chi connectivity index (χ0n) is 13.1. The lowest BCUT2D eigenvalue weighted by atomic mass is 10.0. The molecule has 2 atom stereocenters. The van der Waals surface area contributed by atoms with Crippen LogP contribution >= 0.6 is 11.6 Å². The first-order valence-electron chi connectivity index (χ1n) is 7.68. The molecule has 0 fully saturated rings. The Morgan fingerprint density at radius 2 is 2.17 bits per heavy atom. The summed E-state index contributed by atoms with van der Waals surface area (Å²) >= 11 is 6.13. The number of pyridine rings is 1. The Balaban J connectivity index is 1.70. The molecule has 2 heterocycles. The van der Waals surface area contributed by atoms with Crippen LogP contribution < -0.4 is 15.4 Å². The standard InChI is InChI=1S/C17H18ClN3O3/c1-10(22)13-6-3-7-15(19-13)21-17(23)20-14-8-9-24-16-11(14)4-2-5-12(16)18/h2-7,10,14,22H,8-9H2,1H3,(H2,19,20,21,23)/t10-,14-/m0/s1. The van der Waals surface area contributed by atoms with Crippen LogP contribution in [0.15, 0.2) is 36.4 Å². The van der Waals surface area contributed by atoms with E-state index in [1.54, 1.807) is 31.2 Å². The molecule has 0 radical (unpaired) electrons. The van der Waals surface area contributed by atoms with Crippen LogP contribution in [-0.4, -0.2) is 22.7 Å². The van der Waals surface area contributed by atoms with Gasteiger partial charge in [-0.25, -0.2) is 9.78 Å². The van der Waals surface area contributed by atoms with Crippen LogP contribution in [0.3, 0.4) is 0 Å². The highest BCUT2D eigenvalue weighted by Crippen LogP contribution is 2.37. The van der Waals surface area contributed by atoms with Gasteiger partial charge >= 0.3 is 6.03 Å². The molecule has 1 aliphatic heterocycles. The van der Waals surface area contributed by atoms with Crippen molar-refractivity contribution >= 4 is 23.4 Å². The molecule has 7 heteroatoms. The number of amides is 2. The smallest absolute Gasteiger partial charge is 0.320 e. The third-order valence-corrected chi connectivity index (χ3v) is 4.07. The lowest BCUT2D eigenvalue weighted by Gasteiger charge is -2.27. The van der Waals surface area contributed by atoms with Gasteiger partial charge in [0.15, 0.2) is 0 Å². The number of aliphatic hydroxyl groups excluding tert-OH is 1. The van der Waals surface area contributed by atoms with Gasteiger partial charge < -0.3 is 15.2 Å². The number of aliphatic hydroxyl groups is 1. The average Bonchev–Trinajstić information content (AvgIpc) is 2.56. The number of halogens is 1. The summed E-state index contributed by atoms with van der Waals surface area (Å²) in [4.78, 5) is 16.5. The number of ether oxygens (including phenoxy) is 1. The van der Waals surface area contributed by atoms with Crippen molar-refractivity contribution < 1.29 is 14.6 Å². The summed E-state index contributed by atoms with van der Waals surface area (Å²) in [5.74, 6) is 0.995. The number of hydrogen-bond acceptors (Lipinski definition) is 4. The van der Waals surface area contributed by atoms with E-state index < -0.39 is 6.10 Å². The minimum absolute atomic E-state index is 0.188. The second-order valence-electron chi connectivity index (χ2n) is 5.57. The second kappa shape index (κ2) is 7.07. The first-order valence-corrected chi connectivity index (χ1v) is 8.06. The van der Waals surface area contributed by atoms with Crippen molar-refractivity contribution in [2.75, 3.05) is 11.9 Å². The summed E-state index contributed by atoms with van der Waals surface area (Å²) in [6, 6.07) is 10.0. The number of nitrogens with zero attached hydrogens (tertiary/aromatic N) is 1.